The van der Waals surface area contributed by atoms with E-state index >= 15 is 0 Å². The number of nitriles is 1. The molecule has 6 heteroatoms. The molecule has 0 aliphatic carbocycles. The van der Waals surface area contributed by atoms with E-state index in [0.29, 0.717) is 5.69 Å². The second kappa shape index (κ2) is 4.89. The highest BCUT2D eigenvalue weighted by molar-refractivity contribution is 6.16. The topological polar surface area (TPSA) is 45.9 Å². The second-order valence-corrected chi connectivity index (χ2v) is 2.90. The number of nitrogens with zero attached hydrogens (tertiary/aromatic N) is 2. The van der Waals surface area contributed by atoms with Crippen molar-refractivity contribution in [3.8, 4) is 11.9 Å². The highest BCUT2D eigenvalue weighted by Crippen LogP contribution is 2.31. The van der Waals surface area contributed by atoms with E-state index in [9.17, 15) is 8.78 Å². The van der Waals surface area contributed by atoms with Crippen molar-refractivity contribution in [2.45, 2.75) is 12.3 Å². The molecule has 0 aliphatic heterocycles. The van der Waals surface area contributed by atoms with Gasteiger partial charge in [-0.2, -0.15) is 5.26 Å². The molecule has 0 radical (unpaired) electrons. The maximum Gasteiger partial charge on any atom is 0.270 e. The van der Waals surface area contributed by atoms with Crippen molar-refractivity contribution in [2.24, 2.45) is 0 Å². The van der Waals surface area contributed by atoms with Gasteiger partial charge in [-0.05, 0) is 6.07 Å². The first-order valence-electron chi connectivity index (χ1n) is 3.96. The number of halogens is 3. The molecule has 0 unspecified atom stereocenters. The summed E-state index contributed by atoms with van der Waals surface area (Å²) in [5.74, 6) is -0.214. The Kier molecular flexibility index (Phi) is 3.81. The maximum atomic E-state index is 12.6. The zero-order valence-electron chi connectivity index (χ0n) is 7.80. The maximum absolute atomic E-state index is 12.6. The predicted octanol–water partition coefficient (Wildman–Crippen LogP) is 2.64. The van der Waals surface area contributed by atoms with Gasteiger partial charge in [0.1, 0.15) is 0 Å². The number of hydrogen-bond donors (Lipinski definition) is 0. The molecule has 0 saturated carbocycles. The van der Waals surface area contributed by atoms with Crippen LogP contribution in [-0.4, -0.2) is 12.1 Å². The summed E-state index contributed by atoms with van der Waals surface area (Å²) in [5.41, 5.74) is -0.323. The summed E-state index contributed by atoms with van der Waals surface area (Å²) in [6.45, 7) is 0. The molecule has 1 heterocycles. The van der Waals surface area contributed by atoms with Crippen molar-refractivity contribution in [2.75, 3.05) is 7.11 Å². The number of methoxy groups -OCH3 is 1. The molecule has 0 aromatic carbocycles. The number of alkyl halides is 3. The molecule has 1 rings (SSSR count). The number of pyridine rings is 1. The summed E-state index contributed by atoms with van der Waals surface area (Å²) in [4.78, 5) is 3.75. The Hall–Kier alpha value is -1.41. The van der Waals surface area contributed by atoms with E-state index < -0.39 is 12.0 Å². The van der Waals surface area contributed by atoms with Crippen molar-refractivity contribution >= 4 is 11.6 Å². The standard InChI is InChI=1S/C9H7ClF2N2O/c1-15-9-7(8(11)12)5(4-13)2-6(3-10)14-9/h2,8H,3H2,1H3. The highest BCUT2D eigenvalue weighted by Gasteiger charge is 2.21. The average molecular weight is 233 g/mol. The zero-order valence-corrected chi connectivity index (χ0v) is 8.55. The van der Waals surface area contributed by atoms with E-state index in [0.717, 1.165) is 0 Å². The van der Waals surface area contributed by atoms with Crippen molar-refractivity contribution in [1.29, 1.82) is 5.26 Å². The van der Waals surface area contributed by atoms with Crippen LogP contribution < -0.4 is 4.74 Å². The monoisotopic (exact) mass is 232 g/mol. The van der Waals surface area contributed by atoms with E-state index in [2.05, 4.69) is 4.98 Å². The van der Waals surface area contributed by atoms with Gasteiger partial charge in [-0.15, -0.1) is 11.6 Å². The average Bonchev–Trinajstić information content (AvgIpc) is 2.26. The van der Waals surface area contributed by atoms with Gasteiger partial charge in [-0.25, -0.2) is 13.8 Å². The van der Waals surface area contributed by atoms with Crippen LogP contribution in [0.4, 0.5) is 8.78 Å². The normalized spacial score (nSPS) is 10.1. The van der Waals surface area contributed by atoms with Crippen LogP contribution in [0.25, 0.3) is 0 Å². The summed E-state index contributed by atoms with van der Waals surface area (Å²) >= 11 is 5.50. The quantitative estimate of drug-likeness (QED) is 0.753. The van der Waals surface area contributed by atoms with Gasteiger partial charge in [-0.3, -0.25) is 0 Å². The molecule has 1 aromatic heterocycles. The van der Waals surface area contributed by atoms with Crippen molar-refractivity contribution in [1.82, 2.24) is 4.98 Å². The Morgan fingerprint density at radius 3 is 2.73 bits per heavy atom. The lowest BCUT2D eigenvalue weighted by atomic mass is 10.1. The minimum atomic E-state index is -2.80. The summed E-state index contributed by atoms with van der Waals surface area (Å²) in [7, 11) is 1.22. The third-order valence-electron chi connectivity index (χ3n) is 1.75. The summed E-state index contributed by atoms with van der Waals surface area (Å²) in [6, 6.07) is 2.90. The van der Waals surface area contributed by atoms with Crippen LogP contribution in [-0.2, 0) is 5.88 Å². The first-order valence-corrected chi connectivity index (χ1v) is 4.49. The van der Waals surface area contributed by atoms with Gasteiger partial charge in [0.05, 0.1) is 35.9 Å². The van der Waals surface area contributed by atoms with Gasteiger partial charge >= 0.3 is 0 Å². The Bertz CT molecular complexity index is 404. The number of ether oxygens (including phenoxy) is 1. The lowest BCUT2D eigenvalue weighted by Crippen LogP contribution is -2.02. The smallest absolute Gasteiger partial charge is 0.270 e. The molecule has 15 heavy (non-hydrogen) atoms. The largest absolute Gasteiger partial charge is 0.481 e. The van der Waals surface area contributed by atoms with Crippen LogP contribution in [0, 0.1) is 11.3 Å². The molecule has 3 nitrogen and oxygen atoms in total. The molecule has 0 fully saturated rings. The molecule has 0 N–H and O–H groups in total. The highest BCUT2D eigenvalue weighted by atomic mass is 35.5. The Labute approximate surface area is 90.3 Å². The molecule has 1 aromatic rings. The van der Waals surface area contributed by atoms with Gasteiger partial charge < -0.3 is 4.74 Å². The molecule has 0 bridgehead atoms. The molecular weight excluding hydrogens is 226 g/mol. The van der Waals surface area contributed by atoms with E-state index in [1.807, 2.05) is 0 Å². The Morgan fingerprint density at radius 2 is 2.33 bits per heavy atom. The van der Waals surface area contributed by atoms with Gasteiger partial charge in [0.15, 0.2) is 0 Å². The SMILES string of the molecule is COc1nc(CCl)cc(C#N)c1C(F)F. The van der Waals surface area contributed by atoms with Gasteiger partial charge in [0, 0.05) is 0 Å². The minimum Gasteiger partial charge on any atom is -0.481 e. The van der Waals surface area contributed by atoms with Gasteiger partial charge in [-0.1, -0.05) is 0 Å². The van der Waals surface area contributed by atoms with Crippen LogP contribution >= 0.6 is 11.6 Å². The fourth-order valence-electron chi connectivity index (χ4n) is 1.11. The summed E-state index contributed by atoms with van der Waals surface area (Å²) in [5, 5.41) is 8.70. The van der Waals surface area contributed by atoms with Crippen LogP contribution in [0.5, 0.6) is 5.88 Å². The number of hydrogen-bond acceptors (Lipinski definition) is 3. The van der Waals surface area contributed by atoms with Gasteiger partial charge in [0.2, 0.25) is 5.88 Å². The predicted molar refractivity (Wildman–Crippen MR) is 50.0 cm³/mol. The number of aromatic nitrogens is 1. The van der Waals surface area contributed by atoms with Crippen LogP contribution in [0.15, 0.2) is 6.07 Å². The van der Waals surface area contributed by atoms with E-state index in [1.165, 1.54) is 13.2 Å². The summed E-state index contributed by atoms with van der Waals surface area (Å²) < 4.78 is 29.9. The summed E-state index contributed by atoms with van der Waals surface area (Å²) in [6.07, 6.45) is -2.80. The molecule has 0 saturated heterocycles. The molecule has 0 spiro atoms. The Morgan fingerprint density at radius 1 is 1.67 bits per heavy atom. The molecular formula is C9H7ClF2N2O. The molecule has 0 atom stereocenters. The van der Waals surface area contributed by atoms with E-state index in [4.69, 9.17) is 21.6 Å². The first kappa shape index (κ1) is 11.7. The van der Waals surface area contributed by atoms with Gasteiger partial charge in [0.25, 0.3) is 6.43 Å². The lowest BCUT2D eigenvalue weighted by molar-refractivity contribution is 0.145. The lowest BCUT2D eigenvalue weighted by Gasteiger charge is -2.09. The fourth-order valence-corrected chi connectivity index (χ4v) is 1.25. The van der Waals surface area contributed by atoms with Crippen LogP contribution in [0.3, 0.4) is 0 Å². The van der Waals surface area contributed by atoms with Crippen LogP contribution in [0.1, 0.15) is 23.2 Å². The van der Waals surface area contributed by atoms with E-state index in [-0.39, 0.29) is 17.3 Å². The first-order chi connectivity index (χ1) is 7.13. The number of rotatable bonds is 3. The Balaban J connectivity index is 3.41. The minimum absolute atomic E-state index is 0.0363. The second-order valence-electron chi connectivity index (χ2n) is 2.63. The van der Waals surface area contributed by atoms with Crippen molar-refractivity contribution in [3.63, 3.8) is 0 Å². The van der Waals surface area contributed by atoms with Crippen LogP contribution in [0.2, 0.25) is 0 Å². The third-order valence-corrected chi connectivity index (χ3v) is 2.02. The molecule has 80 valence electrons. The van der Waals surface area contributed by atoms with E-state index in [1.54, 1.807) is 6.07 Å². The van der Waals surface area contributed by atoms with Crippen molar-refractivity contribution in [3.05, 3.63) is 22.9 Å². The zero-order chi connectivity index (χ0) is 11.4. The fraction of sp³-hybridized carbons (Fsp3) is 0.333. The van der Waals surface area contributed by atoms with Crippen molar-refractivity contribution < 1.29 is 13.5 Å². The molecule has 0 aliphatic rings. The molecule has 0 amide bonds. The third kappa shape index (κ3) is 2.34.